The van der Waals surface area contributed by atoms with E-state index in [1.54, 1.807) is 21.3 Å². The SMILES string of the molecule is COc1cccc(CCC(=O)N2CCC[C@@H]2c2ccc(OC)cc2OC)c1. The van der Waals surface area contributed by atoms with Gasteiger partial charge in [0.2, 0.25) is 5.91 Å². The minimum Gasteiger partial charge on any atom is -0.497 e. The van der Waals surface area contributed by atoms with Gasteiger partial charge in [0.05, 0.1) is 27.4 Å². The van der Waals surface area contributed by atoms with Crippen molar-refractivity contribution in [2.45, 2.75) is 31.7 Å². The third-order valence-corrected chi connectivity index (χ3v) is 5.13. The van der Waals surface area contributed by atoms with Crippen LogP contribution in [0.25, 0.3) is 0 Å². The first kappa shape index (κ1) is 19.1. The van der Waals surface area contributed by atoms with Gasteiger partial charge in [0.25, 0.3) is 0 Å². The minimum atomic E-state index is 0.0589. The van der Waals surface area contributed by atoms with Crippen LogP contribution in [-0.2, 0) is 11.2 Å². The number of carbonyl (C=O) groups excluding carboxylic acids is 1. The highest BCUT2D eigenvalue weighted by Gasteiger charge is 2.31. The molecule has 0 saturated carbocycles. The molecule has 2 aromatic rings. The number of nitrogens with zero attached hydrogens (tertiary/aromatic N) is 1. The summed E-state index contributed by atoms with van der Waals surface area (Å²) in [5.41, 5.74) is 2.16. The van der Waals surface area contributed by atoms with Gasteiger partial charge in [-0.1, -0.05) is 12.1 Å². The molecule has 0 aromatic heterocycles. The first-order valence-electron chi connectivity index (χ1n) is 9.30. The third kappa shape index (κ3) is 4.35. The first-order valence-corrected chi connectivity index (χ1v) is 9.30. The summed E-state index contributed by atoms with van der Waals surface area (Å²) in [6.45, 7) is 0.788. The maximum Gasteiger partial charge on any atom is 0.223 e. The summed E-state index contributed by atoms with van der Waals surface area (Å²) in [5, 5.41) is 0. The molecule has 0 bridgehead atoms. The number of ether oxygens (including phenoxy) is 3. The van der Waals surface area contributed by atoms with Crippen molar-refractivity contribution in [3.05, 3.63) is 53.6 Å². The van der Waals surface area contributed by atoms with E-state index < -0.39 is 0 Å². The maximum atomic E-state index is 12.9. The molecule has 0 N–H and O–H groups in total. The Balaban J connectivity index is 1.71. The molecule has 2 aromatic carbocycles. The summed E-state index contributed by atoms with van der Waals surface area (Å²) < 4.78 is 16.1. The van der Waals surface area contributed by atoms with E-state index in [0.29, 0.717) is 12.8 Å². The number of aryl methyl sites for hydroxylation is 1. The number of likely N-dealkylation sites (tertiary alicyclic amines) is 1. The fraction of sp³-hybridized carbons (Fsp3) is 0.409. The average molecular weight is 369 g/mol. The Morgan fingerprint density at radius 3 is 2.56 bits per heavy atom. The van der Waals surface area contributed by atoms with Crippen LogP contribution in [0.3, 0.4) is 0 Å². The van der Waals surface area contributed by atoms with Gasteiger partial charge in [-0.2, -0.15) is 0 Å². The molecule has 1 fully saturated rings. The molecular weight excluding hydrogens is 342 g/mol. The highest BCUT2D eigenvalue weighted by Crippen LogP contribution is 2.39. The van der Waals surface area contributed by atoms with E-state index in [9.17, 15) is 4.79 Å². The summed E-state index contributed by atoms with van der Waals surface area (Å²) >= 11 is 0. The van der Waals surface area contributed by atoms with Crippen molar-refractivity contribution in [3.63, 3.8) is 0 Å². The van der Waals surface area contributed by atoms with Crippen molar-refractivity contribution in [2.75, 3.05) is 27.9 Å². The topological polar surface area (TPSA) is 48.0 Å². The van der Waals surface area contributed by atoms with E-state index in [4.69, 9.17) is 14.2 Å². The normalized spacial score (nSPS) is 16.3. The van der Waals surface area contributed by atoms with Gasteiger partial charge in [0, 0.05) is 24.6 Å². The van der Waals surface area contributed by atoms with Gasteiger partial charge in [0.1, 0.15) is 17.2 Å². The van der Waals surface area contributed by atoms with Crippen LogP contribution < -0.4 is 14.2 Å². The predicted octanol–water partition coefficient (Wildman–Crippen LogP) is 4.01. The number of amides is 1. The molecule has 27 heavy (non-hydrogen) atoms. The number of benzene rings is 2. The van der Waals surface area contributed by atoms with Crippen molar-refractivity contribution in [2.24, 2.45) is 0 Å². The summed E-state index contributed by atoms with van der Waals surface area (Å²) in [5.74, 6) is 2.52. The Hall–Kier alpha value is -2.69. The molecule has 3 rings (SSSR count). The Kier molecular flexibility index (Phi) is 6.22. The molecule has 5 nitrogen and oxygen atoms in total. The highest BCUT2D eigenvalue weighted by molar-refractivity contribution is 5.77. The molecule has 1 saturated heterocycles. The zero-order valence-corrected chi connectivity index (χ0v) is 16.2. The Labute approximate surface area is 160 Å². The number of carbonyl (C=O) groups is 1. The van der Waals surface area contributed by atoms with Crippen LogP contribution in [0.5, 0.6) is 17.2 Å². The first-order chi connectivity index (χ1) is 13.2. The van der Waals surface area contributed by atoms with E-state index in [1.807, 2.05) is 47.4 Å². The summed E-state index contributed by atoms with van der Waals surface area (Å²) in [7, 11) is 4.95. The van der Waals surface area contributed by atoms with Gasteiger partial charge in [-0.15, -0.1) is 0 Å². The van der Waals surface area contributed by atoms with Gasteiger partial charge < -0.3 is 19.1 Å². The molecule has 1 heterocycles. The number of rotatable bonds is 7. The van der Waals surface area contributed by atoms with Crippen molar-refractivity contribution < 1.29 is 19.0 Å². The van der Waals surface area contributed by atoms with Gasteiger partial charge in [0.15, 0.2) is 0 Å². The monoisotopic (exact) mass is 369 g/mol. The number of methoxy groups -OCH3 is 3. The van der Waals surface area contributed by atoms with Crippen LogP contribution in [0.15, 0.2) is 42.5 Å². The van der Waals surface area contributed by atoms with E-state index in [1.165, 1.54) is 0 Å². The maximum absolute atomic E-state index is 12.9. The van der Waals surface area contributed by atoms with Crippen molar-refractivity contribution in [1.29, 1.82) is 0 Å². The van der Waals surface area contributed by atoms with Gasteiger partial charge >= 0.3 is 0 Å². The van der Waals surface area contributed by atoms with E-state index in [0.717, 1.165) is 47.8 Å². The molecule has 0 spiro atoms. The van der Waals surface area contributed by atoms with Gasteiger partial charge in [-0.25, -0.2) is 0 Å². The Morgan fingerprint density at radius 2 is 1.81 bits per heavy atom. The molecule has 1 amide bonds. The Morgan fingerprint density at radius 1 is 1.04 bits per heavy atom. The largest absolute Gasteiger partial charge is 0.497 e. The summed E-state index contributed by atoms with van der Waals surface area (Å²) in [4.78, 5) is 14.9. The van der Waals surface area contributed by atoms with Crippen LogP contribution in [0.1, 0.15) is 36.4 Å². The number of hydrogen-bond donors (Lipinski definition) is 0. The second-order valence-electron chi connectivity index (χ2n) is 6.70. The molecular formula is C22H27NO4. The van der Waals surface area contributed by atoms with Gasteiger partial charge in [-0.3, -0.25) is 4.79 Å². The van der Waals surface area contributed by atoms with Crippen molar-refractivity contribution >= 4 is 5.91 Å². The quantitative estimate of drug-likeness (QED) is 0.740. The summed E-state index contributed by atoms with van der Waals surface area (Å²) in [6.07, 6.45) is 3.15. The fourth-order valence-corrected chi connectivity index (χ4v) is 3.71. The van der Waals surface area contributed by atoms with Crippen molar-refractivity contribution in [3.8, 4) is 17.2 Å². The van der Waals surface area contributed by atoms with E-state index in [-0.39, 0.29) is 11.9 Å². The number of hydrogen-bond acceptors (Lipinski definition) is 4. The minimum absolute atomic E-state index is 0.0589. The standard InChI is InChI=1S/C22H27NO4/c1-25-17-7-4-6-16(14-17)9-12-22(24)23-13-5-8-20(23)19-11-10-18(26-2)15-21(19)27-3/h4,6-7,10-11,14-15,20H,5,8-9,12-13H2,1-3H3/t20-/m1/s1. The molecule has 0 aliphatic carbocycles. The fourth-order valence-electron chi connectivity index (χ4n) is 3.71. The lowest BCUT2D eigenvalue weighted by atomic mass is 10.0. The zero-order chi connectivity index (χ0) is 19.2. The second-order valence-corrected chi connectivity index (χ2v) is 6.70. The lowest BCUT2D eigenvalue weighted by Gasteiger charge is -2.26. The Bertz CT molecular complexity index is 790. The van der Waals surface area contributed by atoms with Gasteiger partial charge in [-0.05, 0) is 49.1 Å². The second kappa shape index (κ2) is 8.80. The van der Waals surface area contributed by atoms with Crippen LogP contribution in [0, 0.1) is 0 Å². The molecule has 0 radical (unpaired) electrons. The predicted molar refractivity (Wildman–Crippen MR) is 105 cm³/mol. The molecule has 5 heteroatoms. The van der Waals surface area contributed by atoms with E-state index in [2.05, 4.69) is 0 Å². The van der Waals surface area contributed by atoms with Crippen LogP contribution in [0.4, 0.5) is 0 Å². The van der Waals surface area contributed by atoms with E-state index >= 15 is 0 Å². The van der Waals surface area contributed by atoms with Crippen LogP contribution in [0.2, 0.25) is 0 Å². The lowest BCUT2D eigenvalue weighted by Crippen LogP contribution is -2.30. The zero-order valence-electron chi connectivity index (χ0n) is 16.2. The highest BCUT2D eigenvalue weighted by atomic mass is 16.5. The molecule has 1 aliphatic heterocycles. The average Bonchev–Trinajstić information content (AvgIpc) is 3.21. The lowest BCUT2D eigenvalue weighted by molar-refractivity contribution is -0.132. The van der Waals surface area contributed by atoms with Crippen LogP contribution in [-0.4, -0.2) is 38.7 Å². The molecule has 1 atom stereocenters. The molecule has 1 aliphatic rings. The third-order valence-electron chi connectivity index (χ3n) is 5.13. The molecule has 144 valence electrons. The molecule has 0 unspecified atom stereocenters. The summed E-state index contributed by atoms with van der Waals surface area (Å²) in [6, 6.07) is 13.8. The smallest absolute Gasteiger partial charge is 0.223 e. The van der Waals surface area contributed by atoms with Crippen LogP contribution >= 0.6 is 0 Å². The van der Waals surface area contributed by atoms with Crippen molar-refractivity contribution in [1.82, 2.24) is 4.90 Å².